The molecule has 4 aliphatic carbocycles. The van der Waals surface area contributed by atoms with Gasteiger partial charge < -0.3 is 20.1 Å². The third-order valence-electron chi connectivity index (χ3n) is 10.3. The Morgan fingerprint density at radius 3 is 2.16 bits per heavy atom. The van der Waals surface area contributed by atoms with E-state index in [0.29, 0.717) is 34.8 Å². The summed E-state index contributed by atoms with van der Waals surface area (Å²) in [6.07, 6.45) is 5.83. The summed E-state index contributed by atoms with van der Waals surface area (Å²) in [5.41, 5.74) is 6.62. The zero-order valence-corrected chi connectivity index (χ0v) is 22.4. The van der Waals surface area contributed by atoms with E-state index < -0.39 is 5.97 Å². The summed E-state index contributed by atoms with van der Waals surface area (Å²) in [4.78, 5) is 14.1. The largest absolute Gasteiger partial charge is 0.493 e. The van der Waals surface area contributed by atoms with Gasteiger partial charge in [0.1, 0.15) is 5.75 Å². The summed E-state index contributed by atoms with van der Waals surface area (Å²) in [7, 11) is 2.10. The van der Waals surface area contributed by atoms with E-state index in [9.17, 15) is 9.90 Å². The van der Waals surface area contributed by atoms with Gasteiger partial charge in [-0.3, -0.25) is 0 Å². The number of anilines is 4. The molecule has 3 aromatic rings. The molecule has 0 saturated heterocycles. The van der Waals surface area contributed by atoms with E-state index in [1.807, 2.05) is 18.2 Å². The van der Waals surface area contributed by atoms with E-state index in [1.165, 1.54) is 31.4 Å². The first-order chi connectivity index (χ1) is 18.3. The van der Waals surface area contributed by atoms with Crippen LogP contribution in [0, 0.1) is 29.1 Å². The second-order valence-corrected chi connectivity index (χ2v) is 12.5. The molecule has 4 fully saturated rings. The smallest absolute Gasteiger partial charge is 0.337 e. The van der Waals surface area contributed by atoms with Crippen molar-refractivity contribution in [2.24, 2.45) is 29.1 Å². The van der Waals surface area contributed by atoms with Crippen molar-refractivity contribution in [1.29, 1.82) is 0 Å². The Morgan fingerprint density at radius 1 is 0.974 bits per heavy atom. The average Bonchev–Trinajstić information content (AvgIpc) is 2.86. The number of nitrogens with zero attached hydrogens (tertiary/aromatic N) is 1. The normalized spacial score (nSPS) is 29.5. The highest BCUT2D eigenvalue weighted by atomic mass is 16.5. The van der Waals surface area contributed by atoms with E-state index in [0.717, 1.165) is 29.1 Å². The van der Waals surface area contributed by atoms with Gasteiger partial charge >= 0.3 is 5.97 Å². The topological polar surface area (TPSA) is 61.8 Å². The third kappa shape index (κ3) is 3.14. The molecule has 38 heavy (non-hydrogen) atoms. The molecule has 0 heterocycles. The molecule has 2 atom stereocenters. The highest BCUT2D eigenvalue weighted by Gasteiger charge is 2.87. The summed E-state index contributed by atoms with van der Waals surface area (Å²) in [5.74, 6) is 3.03. The van der Waals surface area contributed by atoms with Crippen molar-refractivity contribution >= 4 is 28.7 Å². The van der Waals surface area contributed by atoms with Gasteiger partial charge in [-0.1, -0.05) is 26.0 Å². The number of rotatable bonds is 9. The van der Waals surface area contributed by atoms with Crippen LogP contribution >= 0.6 is 0 Å². The molecule has 5 nitrogen and oxygen atoms in total. The summed E-state index contributed by atoms with van der Waals surface area (Å²) in [6, 6.07) is 22.6. The number of hydrogen-bond donors (Lipinski definition) is 2. The lowest BCUT2D eigenvalue weighted by atomic mass is 9.12. The van der Waals surface area contributed by atoms with E-state index in [1.54, 1.807) is 17.7 Å². The Balaban J connectivity index is 1.04. The lowest BCUT2D eigenvalue weighted by Crippen LogP contribution is -2.87. The van der Waals surface area contributed by atoms with Gasteiger partial charge in [-0.2, -0.15) is 0 Å². The second kappa shape index (κ2) is 8.26. The first-order valence-electron chi connectivity index (χ1n) is 14.0. The van der Waals surface area contributed by atoms with Crippen molar-refractivity contribution in [1.82, 2.24) is 0 Å². The number of carboxylic acids is 1. The minimum absolute atomic E-state index is 0.192. The van der Waals surface area contributed by atoms with Crippen LogP contribution in [0.1, 0.15) is 55.5 Å². The Kier molecular flexibility index (Phi) is 5.14. The molecule has 0 aromatic heterocycles. The maximum Gasteiger partial charge on any atom is 0.337 e. The molecule has 4 saturated carbocycles. The van der Waals surface area contributed by atoms with Crippen LogP contribution in [0.2, 0.25) is 0 Å². The monoisotopic (exact) mass is 508 g/mol. The van der Waals surface area contributed by atoms with Crippen molar-refractivity contribution < 1.29 is 14.6 Å². The number of carboxylic acid groups (broad SMARTS) is 1. The summed E-state index contributed by atoms with van der Waals surface area (Å²) in [6.45, 7) is 4.67. The molecule has 0 bridgehead atoms. The predicted molar refractivity (Wildman–Crippen MR) is 151 cm³/mol. The van der Waals surface area contributed by atoms with Crippen LogP contribution in [-0.2, 0) is 5.41 Å². The molecule has 2 N–H and O–H groups in total. The minimum Gasteiger partial charge on any atom is -0.493 e. The molecule has 0 radical (unpaired) electrons. The van der Waals surface area contributed by atoms with Crippen LogP contribution in [-0.4, -0.2) is 24.7 Å². The van der Waals surface area contributed by atoms with Gasteiger partial charge in [0.25, 0.3) is 0 Å². The van der Waals surface area contributed by atoms with Crippen LogP contribution in [0.4, 0.5) is 22.7 Å². The van der Waals surface area contributed by atoms with Crippen molar-refractivity contribution in [3.8, 4) is 5.75 Å². The van der Waals surface area contributed by atoms with E-state index in [2.05, 4.69) is 67.5 Å². The highest BCUT2D eigenvalue weighted by molar-refractivity contribution is 5.95. The lowest BCUT2D eigenvalue weighted by molar-refractivity contribution is -0.395. The van der Waals surface area contributed by atoms with Crippen LogP contribution in [0.25, 0.3) is 0 Å². The summed E-state index contributed by atoms with van der Waals surface area (Å²) in [5, 5.41) is 13.0. The van der Waals surface area contributed by atoms with Crippen molar-refractivity contribution in [3.63, 3.8) is 0 Å². The Hall–Kier alpha value is -3.47. The average molecular weight is 509 g/mol. The zero-order valence-electron chi connectivity index (χ0n) is 22.4. The maximum atomic E-state index is 11.9. The fourth-order valence-electron chi connectivity index (χ4n) is 8.66. The number of aromatic carboxylic acids is 1. The number of carbonyl (C=O) groups is 1. The molecular weight excluding hydrogens is 472 g/mol. The number of nitrogens with one attached hydrogen (secondary N) is 1. The van der Waals surface area contributed by atoms with Gasteiger partial charge in [-0.25, -0.2) is 4.79 Å². The van der Waals surface area contributed by atoms with Crippen molar-refractivity contribution in [3.05, 3.63) is 77.9 Å². The van der Waals surface area contributed by atoms with Gasteiger partial charge in [-0.05, 0) is 115 Å². The SMILES string of the molecule is CC(C)COc1ccc(Nc2ccc(N(C)c3ccc(C45CC6CC7CC(C4)C765)cc3)cc2)c(C(=O)O)c1. The molecular formula is C33H36N2O3. The quantitative estimate of drug-likeness (QED) is 0.311. The van der Waals surface area contributed by atoms with E-state index in [4.69, 9.17) is 4.74 Å². The summed E-state index contributed by atoms with van der Waals surface area (Å²) < 4.78 is 5.71. The van der Waals surface area contributed by atoms with E-state index >= 15 is 0 Å². The first kappa shape index (κ1) is 23.6. The van der Waals surface area contributed by atoms with Gasteiger partial charge in [0.15, 0.2) is 0 Å². The molecule has 4 aliphatic rings. The van der Waals surface area contributed by atoms with Crippen LogP contribution in [0.3, 0.4) is 0 Å². The number of hydrogen-bond acceptors (Lipinski definition) is 4. The third-order valence-corrected chi connectivity index (χ3v) is 10.3. The van der Waals surface area contributed by atoms with Crippen LogP contribution in [0.15, 0.2) is 66.7 Å². The van der Waals surface area contributed by atoms with Crippen molar-refractivity contribution in [2.45, 2.75) is 44.9 Å². The molecule has 196 valence electrons. The Labute approximate surface area is 224 Å². The van der Waals surface area contributed by atoms with E-state index in [-0.39, 0.29) is 5.56 Å². The first-order valence-corrected chi connectivity index (χ1v) is 14.0. The van der Waals surface area contributed by atoms with Crippen LogP contribution < -0.4 is 15.0 Å². The maximum absolute atomic E-state index is 11.9. The summed E-state index contributed by atoms with van der Waals surface area (Å²) >= 11 is 0. The molecule has 7 rings (SSSR count). The number of benzene rings is 3. The molecule has 1 spiro atoms. The van der Waals surface area contributed by atoms with Gasteiger partial charge in [0.05, 0.1) is 17.9 Å². The fraction of sp³-hybridized carbons (Fsp3) is 0.424. The van der Waals surface area contributed by atoms with Gasteiger partial charge in [-0.15, -0.1) is 0 Å². The zero-order chi connectivity index (χ0) is 26.2. The van der Waals surface area contributed by atoms with Crippen LogP contribution in [0.5, 0.6) is 5.75 Å². The molecule has 2 unspecified atom stereocenters. The second-order valence-electron chi connectivity index (χ2n) is 12.5. The standard InChI is InChI=1S/C33H36N2O3/c1-20(2)19-38-28-12-13-30(29(16-28)31(36)37)34-25-6-10-27(11-7-25)35(3)26-8-4-21(5-9-26)32-17-23-14-22-15-24(18-32)33(22,23)32/h4-13,16,20,22-24,34H,14-15,17-19H2,1-3H3,(H,36,37). The Bertz CT molecular complexity index is 1370. The fourth-order valence-corrected chi connectivity index (χ4v) is 8.66. The molecule has 3 aromatic carbocycles. The minimum atomic E-state index is -0.985. The van der Waals surface area contributed by atoms with Gasteiger partial charge in [0.2, 0.25) is 0 Å². The molecule has 5 heteroatoms. The van der Waals surface area contributed by atoms with Gasteiger partial charge in [0, 0.05) is 29.5 Å². The highest BCUT2D eigenvalue weighted by Crippen LogP contribution is 2.92. The predicted octanol–water partition coefficient (Wildman–Crippen LogP) is 7.62. The molecule has 0 amide bonds. The lowest BCUT2D eigenvalue weighted by Gasteiger charge is -2.91. The van der Waals surface area contributed by atoms with Crippen molar-refractivity contribution in [2.75, 3.05) is 23.9 Å². The Morgan fingerprint density at radius 2 is 1.61 bits per heavy atom. The molecule has 0 aliphatic heterocycles. The number of ether oxygens (including phenoxy) is 1.